The van der Waals surface area contributed by atoms with Gasteiger partial charge in [-0.25, -0.2) is 13.4 Å². The predicted molar refractivity (Wildman–Crippen MR) is 140 cm³/mol. The first-order valence-electron chi connectivity index (χ1n) is 11.4. The van der Waals surface area contributed by atoms with E-state index in [0.717, 1.165) is 23.1 Å². The van der Waals surface area contributed by atoms with E-state index in [-0.39, 0.29) is 16.9 Å². The molecule has 0 spiro atoms. The molecule has 1 amide bonds. The van der Waals surface area contributed by atoms with E-state index in [2.05, 4.69) is 4.98 Å². The third-order valence-corrected chi connectivity index (χ3v) is 8.99. The van der Waals surface area contributed by atoms with E-state index in [0.29, 0.717) is 42.0 Å². The molecule has 1 aliphatic rings. The minimum absolute atomic E-state index is 0.0791. The van der Waals surface area contributed by atoms with E-state index in [4.69, 9.17) is 16.3 Å². The first-order chi connectivity index (χ1) is 16.6. The summed E-state index contributed by atoms with van der Waals surface area (Å²) in [6.07, 6.45) is 1.72. The highest BCUT2D eigenvalue weighted by Gasteiger charge is 2.27. The number of amides is 1. The Labute approximate surface area is 215 Å². The first kappa shape index (κ1) is 26.0. The maximum absolute atomic E-state index is 13.5. The van der Waals surface area contributed by atoms with E-state index in [1.807, 2.05) is 31.1 Å². The zero-order valence-corrected chi connectivity index (χ0v) is 22.4. The molecular weight excluding hydrogens is 508 g/mol. The molecule has 4 rings (SSSR count). The summed E-state index contributed by atoms with van der Waals surface area (Å²) in [6.45, 7) is 2.05. The molecule has 3 aromatic rings. The highest BCUT2D eigenvalue weighted by atomic mass is 35.5. The number of anilines is 1. The van der Waals surface area contributed by atoms with Crippen LogP contribution in [0.4, 0.5) is 5.13 Å². The van der Waals surface area contributed by atoms with Gasteiger partial charge in [-0.15, -0.1) is 0 Å². The van der Waals surface area contributed by atoms with Crippen LogP contribution in [0.1, 0.15) is 23.2 Å². The molecule has 1 unspecified atom stereocenters. The number of halogens is 1. The number of ether oxygens (including phenoxy) is 1. The van der Waals surface area contributed by atoms with Crippen molar-refractivity contribution < 1.29 is 17.9 Å². The number of carbonyl (C=O) groups is 1. The van der Waals surface area contributed by atoms with E-state index in [1.165, 1.54) is 27.8 Å². The molecule has 0 bridgehead atoms. The average Bonchev–Trinajstić information content (AvgIpc) is 3.48. The number of benzene rings is 2. The summed E-state index contributed by atoms with van der Waals surface area (Å²) in [5, 5.41) is 1.18. The number of thiazole rings is 1. The van der Waals surface area contributed by atoms with Crippen molar-refractivity contribution in [2.24, 2.45) is 0 Å². The molecule has 8 nitrogen and oxygen atoms in total. The molecule has 2 aromatic carbocycles. The molecular formula is C24H29ClN4O4S2. The second kappa shape index (κ2) is 10.9. The fourth-order valence-electron chi connectivity index (χ4n) is 3.86. The number of nitrogens with zero attached hydrogens (tertiary/aromatic N) is 4. The lowest BCUT2D eigenvalue weighted by atomic mass is 10.2. The molecule has 0 saturated carbocycles. The van der Waals surface area contributed by atoms with Gasteiger partial charge in [-0.2, -0.15) is 4.31 Å². The lowest BCUT2D eigenvalue weighted by Gasteiger charge is -2.22. The van der Waals surface area contributed by atoms with Crippen LogP contribution in [-0.4, -0.2) is 82.0 Å². The number of aromatic nitrogens is 1. The largest absolute Gasteiger partial charge is 0.377 e. The maximum Gasteiger partial charge on any atom is 0.260 e. The molecule has 188 valence electrons. The Hall–Kier alpha value is -2.08. The maximum atomic E-state index is 13.5. The van der Waals surface area contributed by atoms with Gasteiger partial charge in [0.1, 0.15) is 0 Å². The normalized spacial score (nSPS) is 16.5. The molecule has 1 aliphatic heterocycles. The van der Waals surface area contributed by atoms with Crippen molar-refractivity contribution in [2.45, 2.75) is 23.8 Å². The van der Waals surface area contributed by atoms with Crippen molar-refractivity contribution in [1.29, 1.82) is 0 Å². The molecule has 0 radical (unpaired) electrons. The van der Waals surface area contributed by atoms with Crippen LogP contribution in [0.2, 0.25) is 5.02 Å². The number of sulfonamides is 1. The van der Waals surface area contributed by atoms with Crippen LogP contribution >= 0.6 is 22.9 Å². The summed E-state index contributed by atoms with van der Waals surface area (Å²) in [7, 11) is 1.74. The standard InChI is InChI=1S/C24H29ClN4O4S2/c1-27(2)12-13-29(24-26-21-11-8-18(25)15-22(21)34-24)23(30)17-6-9-20(10-7-17)35(31,32)28(3)16-19-5-4-14-33-19/h6-11,15,19H,4-5,12-14,16H2,1-3H3. The summed E-state index contributed by atoms with van der Waals surface area (Å²) >= 11 is 7.52. The fraction of sp³-hybridized carbons (Fsp3) is 0.417. The minimum Gasteiger partial charge on any atom is -0.377 e. The lowest BCUT2D eigenvalue weighted by molar-refractivity contribution is 0.0978. The van der Waals surface area contributed by atoms with Gasteiger partial charge < -0.3 is 9.64 Å². The van der Waals surface area contributed by atoms with Crippen LogP contribution < -0.4 is 4.90 Å². The molecule has 0 N–H and O–H groups in total. The monoisotopic (exact) mass is 536 g/mol. The van der Waals surface area contributed by atoms with E-state index in [9.17, 15) is 13.2 Å². The van der Waals surface area contributed by atoms with Gasteiger partial charge >= 0.3 is 0 Å². The van der Waals surface area contributed by atoms with Gasteiger partial charge in [-0.1, -0.05) is 22.9 Å². The van der Waals surface area contributed by atoms with Crippen molar-refractivity contribution in [3.63, 3.8) is 0 Å². The number of carbonyl (C=O) groups excluding carboxylic acids is 1. The summed E-state index contributed by atoms with van der Waals surface area (Å²) in [5.41, 5.74) is 1.16. The summed E-state index contributed by atoms with van der Waals surface area (Å²) in [5.74, 6) is -0.242. The third kappa shape index (κ3) is 6.02. The number of fused-ring (bicyclic) bond motifs is 1. The second-order valence-corrected chi connectivity index (χ2v) is 12.3. The van der Waals surface area contributed by atoms with Crippen LogP contribution in [0.25, 0.3) is 10.2 Å². The number of likely N-dealkylation sites (N-methyl/N-ethyl adjacent to an activating group) is 2. The Kier molecular flexibility index (Phi) is 8.09. The Balaban J connectivity index is 1.56. The highest BCUT2D eigenvalue weighted by Crippen LogP contribution is 2.31. The summed E-state index contributed by atoms with van der Waals surface area (Å²) in [4.78, 5) is 21.9. The van der Waals surface area contributed by atoms with Crippen molar-refractivity contribution in [3.8, 4) is 0 Å². The van der Waals surface area contributed by atoms with Gasteiger partial charge in [0.15, 0.2) is 5.13 Å². The molecule has 1 atom stereocenters. The minimum atomic E-state index is -3.69. The van der Waals surface area contributed by atoms with Crippen molar-refractivity contribution in [1.82, 2.24) is 14.2 Å². The van der Waals surface area contributed by atoms with Gasteiger partial charge in [0.25, 0.3) is 5.91 Å². The zero-order valence-electron chi connectivity index (χ0n) is 20.0. The second-order valence-electron chi connectivity index (χ2n) is 8.81. The molecule has 35 heavy (non-hydrogen) atoms. The number of hydrogen-bond donors (Lipinski definition) is 0. The van der Waals surface area contributed by atoms with Crippen LogP contribution in [0, 0.1) is 0 Å². The molecule has 2 heterocycles. The van der Waals surface area contributed by atoms with Crippen LogP contribution in [-0.2, 0) is 14.8 Å². The Morgan fingerprint density at radius 3 is 2.54 bits per heavy atom. The molecule has 0 aliphatic carbocycles. The molecule has 1 fully saturated rings. The van der Waals surface area contributed by atoms with Gasteiger partial charge in [-0.05, 0) is 69.4 Å². The lowest BCUT2D eigenvalue weighted by Crippen LogP contribution is -2.37. The SMILES string of the molecule is CN(C)CCN(C(=O)c1ccc(S(=O)(=O)N(C)CC2CCCO2)cc1)c1nc2ccc(Cl)cc2s1. The van der Waals surface area contributed by atoms with Gasteiger partial charge in [-0.3, -0.25) is 9.69 Å². The van der Waals surface area contributed by atoms with Gasteiger partial charge in [0.05, 0.1) is 21.2 Å². The van der Waals surface area contributed by atoms with Gasteiger partial charge in [0, 0.05) is 43.9 Å². The quantitative estimate of drug-likeness (QED) is 0.412. The Morgan fingerprint density at radius 1 is 1.14 bits per heavy atom. The Bertz CT molecular complexity index is 1290. The van der Waals surface area contributed by atoms with Crippen molar-refractivity contribution in [2.75, 3.05) is 52.3 Å². The number of rotatable bonds is 9. The summed E-state index contributed by atoms with van der Waals surface area (Å²) in [6, 6.07) is 11.5. The van der Waals surface area contributed by atoms with Gasteiger partial charge in [0.2, 0.25) is 10.0 Å². The first-order valence-corrected chi connectivity index (χ1v) is 14.0. The van der Waals surface area contributed by atoms with E-state index < -0.39 is 10.0 Å². The summed E-state index contributed by atoms with van der Waals surface area (Å²) < 4.78 is 33.8. The van der Waals surface area contributed by atoms with Crippen LogP contribution in [0.15, 0.2) is 47.4 Å². The van der Waals surface area contributed by atoms with E-state index in [1.54, 1.807) is 30.1 Å². The smallest absolute Gasteiger partial charge is 0.260 e. The van der Waals surface area contributed by atoms with Crippen LogP contribution in [0.3, 0.4) is 0 Å². The fourth-order valence-corrected chi connectivity index (χ4v) is 6.33. The molecule has 1 saturated heterocycles. The van der Waals surface area contributed by atoms with E-state index >= 15 is 0 Å². The van der Waals surface area contributed by atoms with Crippen molar-refractivity contribution in [3.05, 3.63) is 53.1 Å². The molecule has 1 aromatic heterocycles. The third-order valence-electron chi connectivity index (χ3n) is 5.88. The molecule has 11 heteroatoms. The predicted octanol–water partition coefficient (Wildman–Crippen LogP) is 3.96. The van der Waals surface area contributed by atoms with Crippen LogP contribution in [0.5, 0.6) is 0 Å². The van der Waals surface area contributed by atoms with Crippen molar-refractivity contribution >= 4 is 54.2 Å². The Morgan fingerprint density at radius 2 is 1.89 bits per heavy atom. The topological polar surface area (TPSA) is 83.1 Å². The highest BCUT2D eigenvalue weighted by molar-refractivity contribution is 7.89. The number of hydrogen-bond acceptors (Lipinski definition) is 7. The zero-order chi connectivity index (χ0) is 25.2. The average molecular weight is 537 g/mol.